The van der Waals surface area contributed by atoms with Crippen LogP contribution >= 0.6 is 0 Å². The van der Waals surface area contributed by atoms with Crippen LogP contribution in [-0.2, 0) is 4.79 Å². The third kappa shape index (κ3) is 3.10. The number of aliphatic hydroxyl groups is 1. The molecule has 0 radical (unpaired) electrons. The molecule has 0 aromatic heterocycles. The molecule has 20 heavy (non-hydrogen) atoms. The largest absolute Gasteiger partial charge is 0.386 e. The molecular weight excluding hydrogens is 273 g/mol. The van der Waals surface area contributed by atoms with Crippen molar-refractivity contribution >= 4 is 5.91 Å². The smallest absolute Gasteiger partial charge is 0.267 e. The van der Waals surface area contributed by atoms with Crippen molar-refractivity contribution in [2.24, 2.45) is 5.73 Å². The Morgan fingerprint density at radius 2 is 1.95 bits per heavy atom. The van der Waals surface area contributed by atoms with Crippen molar-refractivity contribution in [2.45, 2.75) is 24.5 Å². The molecule has 2 atom stereocenters. The fraction of sp³-hybridized carbons (Fsp3) is 0.462. The van der Waals surface area contributed by atoms with Gasteiger partial charge in [0.15, 0.2) is 0 Å². The molecule has 7 heteroatoms. The molecule has 1 saturated heterocycles. The Labute approximate surface area is 114 Å². The van der Waals surface area contributed by atoms with Crippen molar-refractivity contribution < 1.29 is 23.1 Å². The lowest BCUT2D eigenvalue weighted by molar-refractivity contribution is -0.135. The zero-order chi connectivity index (χ0) is 14.9. The topological polar surface area (TPSA) is 66.6 Å². The van der Waals surface area contributed by atoms with Gasteiger partial charge in [-0.05, 0) is 17.7 Å². The average molecular weight is 288 g/mol. The Morgan fingerprint density at radius 3 is 2.45 bits per heavy atom. The molecule has 1 heterocycles. The number of amides is 1. The first-order valence-electron chi connectivity index (χ1n) is 6.16. The zero-order valence-electron chi connectivity index (χ0n) is 10.6. The minimum atomic E-state index is -2.91. The second kappa shape index (κ2) is 5.41. The average Bonchev–Trinajstić information content (AvgIpc) is 2.77. The van der Waals surface area contributed by atoms with Gasteiger partial charge in [-0.1, -0.05) is 12.1 Å². The molecule has 0 saturated carbocycles. The second-order valence-corrected chi connectivity index (χ2v) is 4.89. The zero-order valence-corrected chi connectivity index (χ0v) is 10.6. The minimum absolute atomic E-state index is 0.0876. The van der Waals surface area contributed by atoms with Gasteiger partial charge in [-0.2, -0.15) is 0 Å². The number of hydrogen-bond donors (Lipinski definition) is 2. The molecule has 2 rings (SSSR count). The monoisotopic (exact) mass is 288 g/mol. The molecule has 1 amide bonds. The van der Waals surface area contributed by atoms with Crippen LogP contribution in [0.25, 0.3) is 0 Å². The van der Waals surface area contributed by atoms with Gasteiger partial charge in [0.05, 0.1) is 6.54 Å². The molecule has 4 nitrogen and oxygen atoms in total. The predicted molar refractivity (Wildman–Crippen MR) is 65.5 cm³/mol. The van der Waals surface area contributed by atoms with Crippen LogP contribution in [0.15, 0.2) is 24.3 Å². The lowest BCUT2D eigenvalue weighted by atomic mass is 10.0. The van der Waals surface area contributed by atoms with E-state index in [0.717, 1.165) is 17.0 Å². The quantitative estimate of drug-likeness (QED) is 0.874. The summed E-state index contributed by atoms with van der Waals surface area (Å²) < 4.78 is 38.9. The molecule has 0 spiro atoms. The second-order valence-electron chi connectivity index (χ2n) is 4.89. The number of rotatable bonds is 3. The SMILES string of the molecule is N[C@@H](C(=O)N1CCC(F)(F)C1)[C@@H](O)c1ccc(F)cc1. The molecule has 1 aliphatic heterocycles. The number of alkyl halides is 2. The van der Waals surface area contributed by atoms with Crippen molar-refractivity contribution in [1.29, 1.82) is 0 Å². The van der Waals surface area contributed by atoms with E-state index in [-0.39, 0.29) is 12.1 Å². The van der Waals surface area contributed by atoms with Crippen LogP contribution in [0.5, 0.6) is 0 Å². The van der Waals surface area contributed by atoms with Crippen molar-refractivity contribution in [1.82, 2.24) is 4.90 Å². The Kier molecular flexibility index (Phi) is 4.01. The van der Waals surface area contributed by atoms with E-state index in [9.17, 15) is 23.1 Å². The first-order valence-corrected chi connectivity index (χ1v) is 6.16. The molecule has 1 aromatic carbocycles. The highest BCUT2D eigenvalue weighted by Crippen LogP contribution is 2.28. The van der Waals surface area contributed by atoms with E-state index in [1.165, 1.54) is 12.1 Å². The van der Waals surface area contributed by atoms with E-state index in [1.807, 2.05) is 0 Å². The Morgan fingerprint density at radius 1 is 1.35 bits per heavy atom. The summed E-state index contributed by atoms with van der Waals surface area (Å²) >= 11 is 0. The van der Waals surface area contributed by atoms with Crippen LogP contribution in [0.1, 0.15) is 18.1 Å². The van der Waals surface area contributed by atoms with Crippen molar-refractivity contribution in [3.05, 3.63) is 35.6 Å². The third-order valence-electron chi connectivity index (χ3n) is 3.32. The fourth-order valence-corrected chi connectivity index (χ4v) is 2.14. The van der Waals surface area contributed by atoms with E-state index in [2.05, 4.69) is 0 Å². The van der Waals surface area contributed by atoms with Crippen LogP contribution < -0.4 is 5.73 Å². The maximum absolute atomic E-state index is 13.0. The lowest BCUT2D eigenvalue weighted by Crippen LogP contribution is -2.46. The van der Waals surface area contributed by atoms with Gasteiger partial charge in [-0.3, -0.25) is 4.79 Å². The standard InChI is InChI=1S/C13H15F3N2O2/c14-9-3-1-8(2-4-9)11(19)10(17)12(20)18-6-5-13(15,16)7-18/h1-4,10-11,19H,5-7,17H2/t10-,11+/m1/s1. The molecule has 1 aromatic rings. The van der Waals surface area contributed by atoms with Gasteiger partial charge >= 0.3 is 0 Å². The van der Waals surface area contributed by atoms with E-state index in [4.69, 9.17) is 5.73 Å². The van der Waals surface area contributed by atoms with E-state index in [0.29, 0.717) is 0 Å². The highest BCUT2D eigenvalue weighted by atomic mass is 19.3. The number of aliphatic hydroxyl groups excluding tert-OH is 1. The normalized spacial score (nSPS) is 20.8. The summed E-state index contributed by atoms with van der Waals surface area (Å²) in [5.41, 5.74) is 5.88. The summed E-state index contributed by atoms with van der Waals surface area (Å²) in [4.78, 5) is 12.9. The van der Waals surface area contributed by atoms with Gasteiger partial charge in [0.1, 0.15) is 18.0 Å². The molecule has 0 bridgehead atoms. The summed E-state index contributed by atoms with van der Waals surface area (Å²) in [6.45, 7) is -0.772. The van der Waals surface area contributed by atoms with Crippen LogP contribution in [0.3, 0.4) is 0 Å². The predicted octanol–water partition coefficient (Wildman–Crippen LogP) is 1.05. The van der Waals surface area contributed by atoms with Crippen molar-refractivity contribution in [2.75, 3.05) is 13.1 Å². The van der Waals surface area contributed by atoms with Gasteiger partial charge in [0.2, 0.25) is 5.91 Å². The maximum atomic E-state index is 13.0. The molecule has 3 N–H and O–H groups in total. The first-order chi connectivity index (χ1) is 9.30. The van der Waals surface area contributed by atoms with Crippen LogP contribution in [0.4, 0.5) is 13.2 Å². The Balaban J connectivity index is 2.05. The maximum Gasteiger partial charge on any atom is 0.267 e. The van der Waals surface area contributed by atoms with E-state index >= 15 is 0 Å². The molecule has 1 aliphatic rings. The molecule has 0 aliphatic carbocycles. The van der Waals surface area contributed by atoms with Crippen LogP contribution in [-0.4, -0.2) is 41.0 Å². The number of carbonyl (C=O) groups is 1. The van der Waals surface area contributed by atoms with Gasteiger partial charge < -0.3 is 15.7 Å². The number of nitrogens with zero attached hydrogens (tertiary/aromatic N) is 1. The van der Waals surface area contributed by atoms with Gasteiger partial charge in [0, 0.05) is 13.0 Å². The van der Waals surface area contributed by atoms with Crippen molar-refractivity contribution in [3.63, 3.8) is 0 Å². The van der Waals surface area contributed by atoms with Crippen molar-refractivity contribution in [3.8, 4) is 0 Å². The number of halogens is 3. The van der Waals surface area contributed by atoms with Crippen LogP contribution in [0, 0.1) is 5.82 Å². The van der Waals surface area contributed by atoms with E-state index in [1.54, 1.807) is 0 Å². The number of benzene rings is 1. The van der Waals surface area contributed by atoms with E-state index < -0.39 is 42.8 Å². The summed E-state index contributed by atoms with van der Waals surface area (Å²) in [6, 6.07) is 3.49. The third-order valence-corrected chi connectivity index (χ3v) is 3.32. The fourth-order valence-electron chi connectivity index (χ4n) is 2.14. The number of hydrogen-bond acceptors (Lipinski definition) is 3. The van der Waals surface area contributed by atoms with Gasteiger partial charge in [0.25, 0.3) is 5.92 Å². The first kappa shape index (κ1) is 14.8. The molecule has 1 fully saturated rings. The summed E-state index contributed by atoms with van der Waals surface area (Å²) in [7, 11) is 0. The Bertz CT molecular complexity index is 493. The minimum Gasteiger partial charge on any atom is -0.386 e. The molecule has 0 unspecified atom stereocenters. The number of likely N-dealkylation sites (tertiary alicyclic amines) is 1. The van der Waals surface area contributed by atoms with Crippen LogP contribution in [0.2, 0.25) is 0 Å². The van der Waals surface area contributed by atoms with Gasteiger partial charge in [-0.25, -0.2) is 13.2 Å². The summed E-state index contributed by atoms with van der Waals surface area (Å²) in [6.07, 6.45) is -1.77. The highest BCUT2D eigenvalue weighted by molar-refractivity contribution is 5.82. The molecule has 110 valence electrons. The highest BCUT2D eigenvalue weighted by Gasteiger charge is 2.42. The Hall–Kier alpha value is -1.60. The summed E-state index contributed by atoms with van der Waals surface area (Å²) in [5.74, 6) is -4.13. The van der Waals surface area contributed by atoms with Gasteiger partial charge in [-0.15, -0.1) is 0 Å². The molecular formula is C13H15F3N2O2. The number of nitrogens with two attached hydrogens (primary N) is 1. The summed E-state index contributed by atoms with van der Waals surface area (Å²) in [5, 5.41) is 9.96. The lowest BCUT2D eigenvalue weighted by Gasteiger charge is -2.24. The number of carbonyl (C=O) groups excluding carboxylic acids is 1.